The molecule has 0 N–H and O–H groups in total. The minimum Gasteiger partial charge on any atom is -0.490 e. The smallest absolute Gasteiger partial charge is 0.182 e. The highest BCUT2D eigenvalue weighted by Crippen LogP contribution is 2.41. The van der Waals surface area contributed by atoms with Crippen molar-refractivity contribution in [3.8, 4) is 5.75 Å². The lowest BCUT2D eigenvalue weighted by Crippen LogP contribution is -1.99. The van der Waals surface area contributed by atoms with Crippen molar-refractivity contribution in [2.45, 2.75) is 70.1 Å². The van der Waals surface area contributed by atoms with Gasteiger partial charge in [0.05, 0.1) is 16.0 Å². The molecule has 1 heterocycles. The lowest BCUT2D eigenvalue weighted by atomic mass is 10.1. The van der Waals surface area contributed by atoms with Gasteiger partial charge in [0.25, 0.3) is 0 Å². The van der Waals surface area contributed by atoms with Crippen molar-refractivity contribution >= 4 is 43.3 Å². The Morgan fingerprint density at radius 3 is 2.21 bits per heavy atom. The van der Waals surface area contributed by atoms with E-state index in [4.69, 9.17) is 4.74 Å². The Hall–Kier alpha value is -1.33. The Bertz CT molecular complexity index is 936. The van der Waals surface area contributed by atoms with Crippen LogP contribution in [0.3, 0.4) is 0 Å². The molecule has 5 heteroatoms. The maximum Gasteiger partial charge on any atom is 0.182 e. The van der Waals surface area contributed by atoms with Crippen LogP contribution in [0.15, 0.2) is 29.2 Å². The number of unbranched alkanes of at least 4 members (excludes halogenated alkanes) is 6. The van der Waals surface area contributed by atoms with Gasteiger partial charge in [-0.25, -0.2) is 8.78 Å². The molecule has 3 rings (SSSR count). The summed E-state index contributed by atoms with van der Waals surface area (Å²) in [6.07, 6.45) is 9.05. The molecule has 1 aromatic heterocycles. The Kier molecular flexibility index (Phi) is 8.61. The van der Waals surface area contributed by atoms with Crippen molar-refractivity contribution in [1.29, 1.82) is 0 Å². The Labute approximate surface area is 180 Å². The number of thioether (sulfide) groups is 1. The van der Waals surface area contributed by atoms with E-state index < -0.39 is 0 Å². The van der Waals surface area contributed by atoms with Crippen molar-refractivity contribution in [2.75, 3.05) is 12.4 Å². The van der Waals surface area contributed by atoms with E-state index in [1.165, 1.54) is 30.6 Å². The molecule has 0 unspecified atom stereocenters. The van der Waals surface area contributed by atoms with E-state index in [1.807, 2.05) is 18.2 Å². The maximum absolute atomic E-state index is 15.0. The molecule has 0 spiro atoms. The number of rotatable bonds is 12. The van der Waals surface area contributed by atoms with Crippen molar-refractivity contribution in [3.05, 3.63) is 35.9 Å². The molecular weight excluding hydrogens is 406 g/mol. The first-order valence-electron chi connectivity index (χ1n) is 10.8. The summed E-state index contributed by atoms with van der Waals surface area (Å²) < 4.78 is 36.8. The SMILES string of the molecule is CCCCCCCOc1ccc2c(sc3c(F)c(SCCCCC)ccc32)c1F. The first-order chi connectivity index (χ1) is 14.2. The number of thiophene rings is 1. The molecule has 2 aromatic carbocycles. The van der Waals surface area contributed by atoms with Crippen LogP contribution in [0, 0.1) is 11.6 Å². The van der Waals surface area contributed by atoms with Gasteiger partial charge in [-0.3, -0.25) is 0 Å². The first kappa shape index (κ1) is 22.4. The van der Waals surface area contributed by atoms with Gasteiger partial charge in [0, 0.05) is 15.7 Å². The number of halogens is 2. The summed E-state index contributed by atoms with van der Waals surface area (Å²) in [6, 6.07) is 7.30. The van der Waals surface area contributed by atoms with Gasteiger partial charge in [-0.15, -0.1) is 23.1 Å². The third-order valence-electron chi connectivity index (χ3n) is 5.13. The van der Waals surface area contributed by atoms with Crippen LogP contribution in [0.4, 0.5) is 8.78 Å². The lowest BCUT2D eigenvalue weighted by molar-refractivity contribution is 0.291. The molecule has 0 bridgehead atoms. The normalized spacial score (nSPS) is 11.6. The zero-order valence-corrected chi connectivity index (χ0v) is 19.0. The van der Waals surface area contributed by atoms with Gasteiger partial charge in [0.15, 0.2) is 17.4 Å². The van der Waals surface area contributed by atoms with E-state index in [0.29, 0.717) is 20.9 Å². The molecule has 0 fully saturated rings. The fourth-order valence-corrected chi connectivity index (χ4v) is 5.64. The molecule has 0 saturated carbocycles. The Balaban J connectivity index is 1.76. The molecule has 0 amide bonds. The van der Waals surface area contributed by atoms with Crippen LogP contribution in [0.1, 0.15) is 65.2 Å². The Morgan fingerprint density at radius 1 is 0.793 bits per heavy atom. The van der Waals surface area contributed by atoms with E-state index in [2.05, 4.69) is 13.8 Å². The number of ether oxygens (including phenoxy) is 1. The standard InChI is InChI=1S/C24H30F2OS2/c1-3-5-7-8-9-15-27-19-13-11-17-18-12-14-20(28-16-10-6-4-2)22(26)24(18)29-23(17)21(19)25/h11-14H,3-10,15-16H2,1-2H3. The van der Waals surface area contributed by atoms with Gasteiger partial charge >= 0.3 is 0 Å². The van der Waals surface area contributed by atoms with E-state index in [9.17, 15) is 0 Å². The molecule has 0 aliphatic heterocycles. The van der Waals surface area contributed by atoms with Gasteiger partial charge in [-0.05, 0) is 36.8 Å². The predicted octanol–water partition coefficient (Wildman–Crippen LogP) is 8.96. The fraction of sp³-hybridized carbons (Fsp3) is 0.500. The van der Waals surface area contributed by atoms with Crippen LogP contribution >= 0.6 is 23.1 Å². The van der Waals surface area contributed by atoms with Crippen molar-refractivity contribution in [3.63, 3.8) is 0 Å². The van der Waals surface area contributed by atoms with Crippen molar-refractivity contribution in [2.24, 2.45) is 0 Å². The summed E-state index contributed by atoms with van der Waals surface area (Å²) in [5, 5.41) is 1.55. The minimum absolute atomic E-state index is 0.219. The highest BCUT2D eigenvalue weighted by molar-refractivity contribution is 7.99. The van der Waals surface area contributed by atoms with E-state index in [1.54, 1.807) is 17.8 Å². The van der Waals surface area contributed by atoms with E-state index in [0.717, 1.165) is 48.6 Å². The molecule has 0 radical (unpaired) electrons. The second-order valence-corrected chi connectivity index (χ2v) is 9.59. The molecular formula is C24H30F2OS2. The summed E-state index contributed by atoms with van der Waals surface area (Å²) in [7, 11) is 0. The second-order valence-electron chi connectivity index (χ2n) is 7.43. The van der Waals surface area contributed by atoms with Gasteiger partial charge < -0.3 is 4.74 Å². The summed E-state index contributed by atoms with van der Waals surface area (Å²) >= 11 is 2.75. The van der Waals surface area contributed by atoms with Crippen LogP contribution in [-0.2, 0) is 0 Å². The number of benzene rings is 2. The quantitative estimate of drug-likeness (QED) is 0.207. The summed E-state index contributed by atoms with van der Waals surface area (Å²) in [5.74, 6) is 0.595. The molecule has 29 heavy (non-hydrogen) atoms. The monoisotopic (exact) mass is 436 g/mol. The maximum atomic E-state index is 15.0. The minimum atomic E-state index is -0.367. The summed E-state index contributed by atoms with van der Waals surface area (Å²) in [5.41, 5.74) is 0. The zero-order valence-electron chi connectivity index (χ0n) is 17.4. The summed E-state index contributed by atoms with van der Waals surface area (Å²) in [6.45, 7) is 4.86. The molecule has 3 aromatic rings. The highest BCUT2D eigenvalue weighted by Gasteiger charge is 2.18. The zero-order chi connectivity index (χ0) is 20.6. The van der Waals surface area contributed by atoms with Crippen LogP contribution in [0.25, 0.3) is 20.2 Å². The Morgan fingerprint density at radius 2 is 1.45 bits per heavy atom. The van der Waals surface area contributed by atoms with Gasteiger partial charge in [0.1, 0.15) is 0 Å². The van der Waals surface area contributed by atoms with Crippen LogP contribution < -0.4 is 4.74 Å². The fourth-order valence-electron chi connectivity index (χ4n) is 3.45. The molecule has 0 saturated heterocycles. The third-order valence-corrected chi connectivity index (χ3v) is 7.45. The third kappa shape index (κ3) is 5.43. The average Bonchev–Trinajstić information content (AvgIpc) is 3.11. The topological polar surface area (TPSA) is 9.23 Å². The lowest BCUT2D eigenvalue weighted by Gasteiger charge is -2.07. The van der Waals surface area contributed by atoms with Crippen molar-refractivity contribution < 1.29 is 13.5 Å². The van der Waals surface area contributed by atoms with Crippen LogP contribution in [0.2, 0.25) is 0 Å². The highest BCUT2D eigenvalue weighted by atomic mass is 32.2. The van der Waals surface area contributed by atoms with Gasteiger partial charge in [0.2, 0.25) is 0 Å². The van der Waals surface area contributed by atoms with E-state index >= 15 is 8.78 Å². The van der Waals surface area contributed by atoms with Gasteiger partial charge in [-0.2, -0.15) is 0 Å². The van der Waals surface area contributed by atoms with Crippen LogP contribution in [0.5, 0.6) is 5.75 Å². The molecule has 0 aliphatic rings. The van der Waals surface area contributed by atoms with Gasteiger partial charge in [-0.1, -0.05) is 58.4 Å². The average molecular weight is 437 g/mol. The van der Waals surface area contributed by atoms with E-state index in [-0.39, 0.29) is 17.4 Å². The molecule has 0 aliphatic carbocycles. The second kappa shape index (κ2) is 11.2. The predicted molar refractivity (Wildman–Crippen MR) is 124 cm³/mol. The van der Waals surface area contributed by atoms with Crippen molar-refractivity contribution in [1.82, 2.24) is 0 Å². The molecule has 0 atom stereocenters. The number of hydrogen-bond donors (Lipinski definition) is 0. The summed E-state index contributed by atoms with van der Waals surface area (Å²) in [4.78, 5) is 0.657. The molecule has 1 nitrogen and oxygen atoms in total. The first-order valence-corrected chi connectivity index (χ1v) is 12.6. The number of fused-ring (bicyclic) bond motifs is 3. The molecule has 158 valence electrons. The number of hydrogen-bond acceptors (Lipinski definition) is 3. The van der Waals surface area contributed by atoms with Crippen LogP contribution in [-0.4, -0.2) is 12.4 Å². The largest absolute Gasteiger partial charge is 0.490 e.